The number of carbonyl (C=O) groups excluding carboxylic acids is 1. The minimum absolute atomic E-state index is 0.147. The van der Waals surface area contributed by atoms with E-state index in [1.54, 1.807) is 12.1 Å². The number of rotatable bonds is 4. The van der Waals surface area contributed by atoms with Gasteiger partial charge in [0.25, 0.3) is 10.1 Å². The van der Waals surface area contributed by atoms with Crippen LogP contribution in [0.3, 0.4) is 0 Å². The first-order chi connectivity index (χ1) is 7.37. The lowest BCUT2D eigenvalue weighted by atomic mass is 10.3. The lowest BCUT2D eigenvalue weighted by molar-refractivity contribution is -0.114. The summed E-state index contributed by atoms with van der Waals surface area (Å²) < 4.78 is 26.1. The van der Waals surface area contributed by atoms with E-state index in [1.165, 1.54) is 13.1 Å². The maximum atomic E-state index is 10.8. The summed E-state index contributed by atoms with van der Waals surface area (Å²) in [6, 6.07) is 3.15. The van der Waals surface area contributed by atoms with Crippen LogP contribution in [-0.4, -0.2) is 25.6 Å². The van der Waals surface area contributed by atoms with Crippen molar-refractivity contribution >= 4 is 21.7 Å². The third kappa shape index (κ3) is 4.85. The number of amides is 1. The zero-order chi connectivity index (χ0) is 12.2. The van der Waals surface area contributed by atoms with E-state index in [9.17, 15) is 13.2 Å². The number of hydrogen-bond acceptors (Lipinski definition) is 5. The normalized spacial score (nSPS) is 11.1. The molecule has 0 radical (unpaired) electrons. The third-order valence-electron chi connectivity index (χ3n) is 1.56. The summed E-state index contributed by atoms with van der Waals surface area (Å²) in [5, 5.41) is 2.56. The largest absolute Gasteiger partial charge is 0.326 e. The van der Waals surface area contributed by atoms with Crippen LogP contribution in [0.15, 0.2) is 18.3 Å². The number of aromatic nitrogens is 1. The highest BCUT2D eigenvalue weighted by Crippen LogP contribution is 2.09. The maximum Gasteiger partial charge on any atom is 0.264 e. The van der Waals surface area contributed by atoms with Gasteiger partial charge in [0.1, 0.15) is 6.61 Å². The van der Waals surface area contributed by atoms with Crippen LogP contribution in [0.2, 0.25) is 0 Å². The number of anilines is 1. The van der Waals surface area contributed by atoms with Gasteiger partial charge in [0, 0.05) is 18.8 Å². The van der Waals surface area contributed by atoms with E-state index >= 15 is 0 Å². The molecule has 1 rings (SSSR count). The summed E-state index contributed by atoms with van der Waals surface area (Å²) in [6.07, 6.45) is 2.43. The van der Waals surface area contributed by atoms with Gasteiger partial charge in [-0.3, -0.25) is 14.0 Å². The van der Waals surface area contributed by atoms with Crippen molar-refractivity contribution < 1.29 is 17.4 Å². The lowest BCUT2D eigenvalue weighted by Gasteiger charge is -2.04. The lowest BCUT2D eigenvalue weighted by Crippen LogP contribution is -2.08. The smallest absolute Gasteiger partial charge is 0.264 e. The minimum atomic E-state index is -3.49. The summed E-state index contributed by atoms with van der Waals surface area (Å²) in [4.78, 5) is 14.7. The molecule has 1 aromatic rings. The first kappa shape index (κ1) is 12.6. The Hall–Kier alpha value is -1.47. The molecule has 0 saturated carbocycles. The Balaban J connectivity index is 2.71. The molecule has 0 atom stereocenters. The van der Waals surface area contributed by atoms with Crippen LogP contribution < -0.4 is 5.32 Å². The summed E-state index contributed by atoms with van der Waals surface area (Å²) in [5.41, 5.74) is 0.978. The molecule has 16 heavy (non-hydrogen) atoms. The van der Waals surface area contributed by atoms with E-state index < -0.39 is 10.1 Å². The number of hydrogen-bond donors (Lipinski definition) is 1. The molecule has 0 spiro atoms. The van der Waals surface area contributed by atoms with E-state index in [-0.39, 0.29) is 12.5 Å². The van der Waals surface area contributed by atoms with E-state index in [1.807, 2.05) is 0 Å². The van der Waals surface area contributed by atoms with Gasteiger partial charge in [-0.15, -0.1) is 0 Å². The molecule has 88 valence electrons. The standard InChI is InChI=1S/C9H12N2O4S/c1-7(12)11-8-3-4-10-9(5-8)6-15-16(2,13)14/h3-5H,6H2,1-2H3,(H,10,11,12). The average Bonchev–Trinajstić information content (AvgIpc) is 2.13. The van der Waals surface area contributed by atoms with Crippen LogP contribution in [0.5, 0.6) is 0 Å². The molecular weight excluding hydrogens is 232 g/mol. The molecule has 0 unspecified atom stereocenters. The van der Waals surface area contributed by atoms with Gasteiger partial charge in [-0.1, -0.05) is 0 Å². The fourth-order valence-corrected chi connectivity index (χ4v) is 1.34. The monoisotopic (exact) mass is 244 g/mol. The molecular formula is C9H12N2O4S. The molecule has 0 bridgehead atoms. The van der Waals surface area contributed by atoms with Crippen LogP contribution in [0, 0.1) is 0 Å². The van der Waals surface area contributed by atoms with Crippen molar-refractivity contribution in [3.63, 3.8) is 0 Å². The van der Waals surface area contributed by atoms with Crippen molar-refractivity contribution in [3.8, 4) is 0 Å². The molecule has 1 amide bonds. The van der Waals surface area contributed by atoms with Gasteiger partial charge >= 0.3 is 0 Å². The highest BCUT2D eigenvalue weighted by molar-refractivity contribution is 7.85. The van der Waals surface area contributed by atoms with Crippen LogP contribution in [-0.2, 0) is 25.7 Å². The molecule has 0 aliphatic rings. The Morgan fingerprint density at radius 1 is 1.56 bits per heavy atom. The summed E-state index contributed by atoms with van der Waals surface area (Å²) >= 11 is 0. The van der Waals surface area contributed by atoms with Crippen LogP contribution in [0.1, 0.15) is 12.6 Å². The van der Waals surface area contributed by atoms with Crippen molar-refractivity contribution in [2.45, 2.75) is 13.5 Å². The Bertz CT molecular complexity index is 484. The molecule has 0 aliphatic heterocycles. The Kier molecular flexibility index (Phi) is 3.97. The summed E-state index contributed by atoms with van der Waals surface area (Å²) in [5.74, 6) is -0.207. The number of pyridine rings is 1. The van der Waals surface area contributed by atoms with Crippen LogP contribution in [0.25, 0.3) is 0 Å². The molecule has 1 heterocycles. The third-order valence-corrected chi connectivity index (χ3v) is 2.10. The van der Waals surface area contributed by atoms with E-state index in [0.29, 0.717) is 11.4 Å². The molecule has 0 aliphatic carbocycles. The van der Waals surface area contributed by atoms with Gasteiger partial charge in [0.2, 0.25) is 5.91 Å². The first-order valence-electron chi connectivity index (χ1n) is 4.44. The summed E-state index contributed by atoms with van der Waals surface area (Å²) in [7, 11) is -3.49. The van der Waals surface area contributed by atoms with Crippen molar-refractivity contribution in [3.05, 3.63) is 24.0 Å². The zero-order valence-electron chi connectivity index (χ0n) is 8.93. The zero-order valence-corrected chi connectivity index (χ0v) is 9.74. The molecule has 0 aromatic carbocycles. The SMILES string of the molecule is CC(=O)Nc1ccnc(COS(C)(=O)=O)c1. The Morgan fingerprint density at radius 3 is 2.81 bits per heavy atom. The van der Waals surface area contributed by atoms with Gasteiger partial charge < -0.3 is 5.32 Å². The molecule has 6 nitrogen and oxygen atoms in total. The van der Waals surface area contributed by atoms with Gasteiger partial charge in [0.05, 0.1) is 11.9 Å². The second kappa shape index (κ2) is 5.04. The number of carbonyl (C=O) groups is 1. The van der Waals surface area contributed by atoms with Gasteiger partial charge in [-0.25, -0.2) is 0 Å². The Labute approximate surface area is 93.8 Å². The molecule has 0 fully saturated rings. The quantitative estimate of drug-likeness (QED) is 0.780. The second-order valence-electron chi connectivity index (χ2n) is 3.18. The Morgan fingerprint density at radius 2 is 2.25 bits per heavy atom. The van der Waals surface area contributed by atoms with E-state index in [4.69, 9.17) is 0 Å². The minimum Gasteiger partial charge on any atom is -0.326 e. The van der Waals surface area contributed by atoms with Crippen LogP contribution in [0.4, 0.5) is 5.69 Å². The van der Waals surface area contributed by atoms with Crippen molar-refractivity contribution in [2.75, 3.05) is 11.6 Å². The number of nitrogens with one attached hydrogen (secondary N) is 1. The van der Waals surface area contributed by atoms with Crippen molar-refractivity contribution in [1.29, 1.82) is 0 Å². The highest BCUT2D eigenvalue weighted by atomic mass is 32.2. The topological polar surface area (TPSA) is 85.4 Å². The number of nitrogens with zero attached hydrogens (tertiary/aromatic N) is 1. The summed E-state index contributed by atoms with van der Waals surface area (Å²) in [6.45, 7) is 1.24. The van der Waals surface area contributed by atoms with Gasteiger partial charge in [-0.2, -0.15) is 8.42 Å². The van der Waals surface area contributed by atoms with Gasteiger partial charge in [0.15, 0.2) is 0 Å². The molecule has 0 saturated heterocycles. The fraction of sp³-hybridized carbons (Fsp3) is 0.333. The van der Waals surface area contributed by atoms with Crippen LogP contribution >= 0.6 is 0 Å². The average molecular weight is 244 g/mol. The van der Waals surface area contributed by atoms with E-state index in [2.05, 4.69) is 14.5 Å². The van der Waals surface area contributed by atoms with Crippen molar-refractivity contribution in [2.24, 2.45) is 0 Å². The fourth-order valence-electron chi connectivity index (χ4n) is 1.01. The van der Waals surface area contributed by atoms with Gasteiger partial charge in [-0.05, 0) is 12.1 Å². The molecule has 1 N–H and O–H groups in total. The second-order valence-corrected chi connectivity index (χ2v) is 4.83. The van der Waals surface area contributed by atoms with Crippen molar-refractivity contribution in [1.82, 2.24) is 4.98 Å². The maximum absolute atomic E-state index is 10.8. The predicted octanol–water partition coefficient (Wildman–Crippen LogP) is 0.516. The van der Waals surface area contributed by atoms with E-state index in [0.717, 1.165) is 6.26 Å². The molecule has 7 heteroatoms. The first-order valence-corrected chi connectivity index (χ1v) is 6.25. The highest BCUT2D eigenvalue weighted by Gasteiger charge is 2.04. The predicted molar refractivity (Wildman–Crippen MR) is 58.2 cm³/mol. The molecule has 1 aromatic heterocycles.